The number of carbonyl (C=O) groups excluding carboxylic acids is 2. The Morgan fingerprint density at radius 1 is 1.12 bits per heavy atom. The highest BCUT2D eigenvalue weighted by Gasteiger charge is 2.56. The molecule has 0 unspecified atom stereocenters. The van der Waals surface area contributed by atoms with Crippen LogP contribution in [0.5, 0.6) is 0 Å². The number of hydrogen-bond donors (Lipinski definition) is 2. The summed E-state index contributed by atoms with van der Waals surface area (Å²) in [6.45, 7) is 3.84. The maximum Gasteiger partial charge on any atom is 0.235 e. The van der Waals surface area contributed by atoms with E-state index in [9.17, 15) is 9.59 Å². The number of rotatable bonds is 4. The van der Waals surface area contributed by atoms with Crippen LogP contribution < -0.4 is 10.6 Å². The van der Waals surface area contributed by atoms with Crippen molar-refractivity contribution in [3.8, 4) is 0 Å². The summed E-state index contributed by atoms with van der Waals surface area (Å²) in [7, 11) is 0. The molecule has 4 nitrogen and oxygen atoms in total. The van der Waals surface area contributed by atoms with E-state index in [4.69, 9.17) is 0 Å². The van der Waals surface area contributed by atoms with Gasteiger partial charge in [0.25, 0.3) is 0 Å². The molecule has 0 heterocycles. The van der Waals surface area contributed by atoms with Gasteiger partial charge in [0.2, 0.25) is 11.8 Å². The Balaban J connectivity index is 1.91. The third-order valence-electron chi connectivity index (χ3n) is 3.73. The van der Waals surface area contributed by atoms with E-state index in [0.29, 0.717) is 18.9 Å². The normalized spacial score (nSPS) is 22.5. The molecule has 0 aliphatic heterocycles. The highest BCUT2D eigenvalue weighted by molar-refractivity contribution is 6.08. The van der Waals surface area contributed by atoms with Crippen molar-refractivity contribution in [2.45, 2.75) is 64.5 Å². The number of carbonyl (C=O) groups is 2. The first-order valence-electron chi connectivity index (χ1n) is 6.66. The van der Waals surface area contributed by atoms with Crippen molar-refractivity contribution < 1.29 is 9.59 Å². The Hall–Kier alpha value is -1.06. The summed E-state index contributed by atoms with van der Waals surface area (Å²) < 4.78 is 0. The maximum absolute atomic E-state index is 12.1. The molecule has 2 rings (SSSR count). The Labute approximate surface area is 103 Å². The Morgan fingerprint density at radius 2 is 1.71 bits per heavy atom. The molecule has 96 valence electrons. The van der Waals surface area contributed by atoms with Gasteiger partial charge in [0, 0.05) is 12.1 Å². The average Bonchev–Trinajstić information content (AvgIpc) is 2.92. The van der Waals surface area contributed by atoms with Gasteiger partial charge in [0.05, 0.1) is 0 Å². The van der Waals surface area contributed by atoms with Crippen LogP contribution in [0.1, 0.15) is 52.4 Å². The molecule has 0 radical (unpaired) electrons. The largest absolute Gasteiger partial charge is 0.353 e. The third-order valence-corrected chi connectivity index (χ3v) is 3.73. The summed E-state index contributed by atoms with van der Waals surface area (Å²) in [5.74, 6) is -0.148. The molecule has 2 N–H and O–H groups in total. The lowest BCUT2D eigenvalue weighted by molar-refractivity contribution is -0.137. The van der Waals surface area contributed by atoms with Crippen molar-refractivity contribution in [1.29, 1.82) is 0 Å². The summed E-state index contributed by atoms with van der Waals surface area (Å²) in [5, 5.41) is 5.89. The van der Waals surface area contributed by atoms with Crippen LogP contribution in [-0.4, -0.2) is 23.9 Å². The quantitative estimate of drug-likeness (QED) is 0.726. The minimum absolute atomic E-state index is 0.0532. The molecule has 0 bridgehead atoms. The van der Waals surface area contributed by atoms with Gasteiger partial charge in [-0.15, -0.1) is 0 Å². The maximum atomic E-state index is 12.1. The fourth-order valence-electron chi connectivity index (χ4n) is 2.48. The lowest BCUT2D eigenvalue weighted by Gasteiger charge is -2.19. The zero-order chi connectivity index (χ0) is 12.5. The van der Waals surface area contributed by atoms with Crippen molar-refractivity contribution in [2.24, 2.45) is 5.41 Å². The minimum Gasteiger partial charge on any atom is -0.353 e. The fourth-order valence-corrected chi connectivity index (χ4v) is 2.48. The van der Waals surface area contributed by atoms with E-state index in [2.05, 4.69) is 10.6 Å². The predicted octanol–water partition coefficient (Wildman–Crippen LogP) is 1.35. The molecule has 2 amide bonds. The number of hydrogen-bond acceptors (Lipinski definition) is 2. The van der Waals surface area contributed by atoms with Gasteiger partial charge in [0.1, 0.15) is 5.41 Å². The van der Waals surface area contributed by atoms with Crippen LogP contribution in [0.25, 0.3) is 0 Å². The van der Waals surface area contributed by atoms with Gasteiger partial charge in [-0.05, 0) is 39.5 Å². The van der Waals surface area contributed by atoms with Crippen molar-refractivity contribution in [3.05, 3.63) is 0 Å². The summed E-state index contributed by atoms with van der Waals surface area (Å²) in [4.78, 5) is 24.1. The Kier molecular flexibility index (Phi) is 3.40. The van der Waals surface area contributed by atoms with E-state index < -0.39 is 5.41 Å². The smallest absolute Gasteiger partial charge is 0.235 e. The molecule has 2 aliphatic rings. The van der Waals surface area contributed by atoms with Gasteiger partial charge < -0.3 is 10.6 Å². The molecular weight excluding hydrogens is 216 g/mol. The van der Waals surface area contributed by atoms with Crippen molar-refractivity contribution >= 4 is 11.8 Å². The summed E-state index contributed by atoms with van der Waals surface area (Å²) in [5.41, 5.74) is -0.743. The molecule has 17 heavy (non-hydrogen) atoms. The molecule has 4 heteroatoms. The molecule has 2 fully saturated rings. The van der Waals surface area contributed by atoms with Crippen LogP contribution in [0, 0.1) is 5.41 Å². The van der Waals surface area contributed by atoms with Gasteiger partial charge in [-0.3, -0.25) is 9.59 Å². The van der Waals surface area contributed by atoms with Crippen LogP contribution in [0.15, 0.2) is 0 Å². The van der Waals surface area contributed by atoms with Crippen molar-refractivity contribution in [3.63, 3.8) is 0 Å². The lowest BCUT2D eigenvalue weighted by atomic mass is 10.0. The molecule has 2 saturated carbocycles. The summed E-state index contributed by atoms with van der Waals surface area (Å²) in [6, 6.07) is 0.395. The molecule has 0 saturated heterocycles. The van der Waals surface area contributed by atoms with Crippen molar-refractivity contribution in [1.82, 2.24) is 10.6 Å². The second-order valence-corrected chi connectivity index (χ2v) is 5.67. The average molecular weight is 238 g/mol. The SMILES string of the molecule is CC(C)NC(=O)C1(C(=O)NC2CCCC2)CC1. The van der Waals surface area contributed by atoms with E-state index in [1.807, 2.05) is 13.8 Å². The first-order valence-corrected chi connectivity index (χ1v) is 6.66. The highest BCUT2D eigenvalue weighted by Crippen LogP contribution is 2.46. The van der Waals surface area contributed by atoms with Crippen molar-refractivity contribution in [2.75, 3.05) is 0 Å². The Morgan fingerprint density at radius 3 is 2.18 bits per heavy atom. The van der Waals surface area contributed by atoms with Crippen LogP contribution in [0.2, 0.25) is 0 Å². The van der Waals surface area contributed by atoms with E-state index in [1.165, 1.54) is 12.8 Å². The molecule has 0 atom stereocenters. The second-order valence-electron chi connectivity index (χ2n) is 5.67. The van der Waals surface area contributed by atoms with Gasteiger partial charge in [-0.1, -0.05) is 12.8 Å². The van der Waals surface area contributed by atoms with Crippen LogP contribution in [-0.2, 0) is 9.59 Å². The molecule has 0 aromatic rings. The monoisotopic (exact) mass is 238 g/mol. The lowest BCUT2D eigenvalue weighted by Crippen LogP contribution is -2.47. The van der Waals surface area contributed by atoms with Crippen LogP contribution in [0.4, 0.5) is 0 Å². The second kappa shape index (κ2) is 4.67. The molecular formula is C13H22N2O2. The first-order chi connectivity index (χ1) is 8.04. The van der Waals surface area contributed by atoms with Crippen LogP contribution >= 0.6 is 0 Å². The van der Waals surface area contributed by atoms with E-state index in [1.54, 1.807) is 0 Å². The zero-order valence-electron chi connectivity index (χ0n) is 10.7. The highest BCUT2D eigenvalue weighted by atomic mass is 16.2. The summed E-state index contributed by atoms with van der Waals surface area (Å²) >= 11 is 0. The van der Waals surface area contributed by atoms with E-state index >= 15 is 0 Å². The third kappa shape index (κ3) is 2.61. The van der Waals surface area contributed by atoms with Gasteiger partial charge in [-0.25, -0.2) is 0 Å². The van der Waals surface area contributed by atoms with Gasteiger partial charge in [-0.2, -0.15) is 0 Å². The molecule has 0 spiro atoms. The summed E-state index contributed by atoms with van der Waals surface area (Å²) in [6.07, 6.45) is 5.90. The minimum atomic E-state index is -0.743. The fraction of sp³-hybridized carbons (Fsp3) is 0.846. The van der Waals surface area contributed by atoms with E-state index in [0.717, 1.165) is 12.8 Å². The molecule has 0 aromatic heterocycles. The topological polar surface area (TPSA) is 58.2 Å². The standard InChI is InChI=1S/C13H22N2O2/c1-9(2)14-11(16)13(7-8-13)12(17)15-10-5-3-4-6-10/h9-10H,3-8H2,1-2H3,(H,14,16)(H,15,17). The van der Waals surface area contributed by atoms with Gasteiger partial charge >= 0.3 is 0 Å². The molecule has 0 aromatic carbocycles. The zero-order valence-corrected chi connectivity index (χ0v) is 10.7. The molecule has 2 aliphatic carbocycles. The number of nitrogens with one attached hydrogen (secondary N) is 2. The Bertz CT molecular complexity index is 315. The predicted molar refractivity (Wildman–Crippen MR) is 65.3 cm³/mol. The first kappa shape index (κ1) is 12.4. The van der Waals surface area contributed by atoms with Crippen LogP contribution in [0.3, 0.4) is 0 Å². The van der Waals surface area contributed by atoms with E-state index in [-0.39, 0.29) is 17.9 Å². The number of amides is 2. The van der Waals surface area contributed by atoms with Gasteiger partial charge in [0.15, 0.2) is 0 Å².